The van der Waals surface area contributed by atoms with Crippen LogP contribution < -0.4 is 0 Å². The van der Waals surface area contributed by atoms with Gasteiger partial charge in [0.15, 0.2) is 0 Å². The van der Waals surface area contributed by atoms with Crippen molar-refractivity contribution in [3.05, 3.63) is 34.9 Å². The quantitative estimate of drug-likeness (QED) is 0.677. The van der Waals surface area contributed by atoms with Gasteiger partial charge in [0.1, 0.15) is 0 Å². The minimum Gasteiger partial charge on any atom is -0.0884 e. The highest BCUT2D eigenvalue weighted by atomic mass is 79.9. The van der Waals surface area contributed by atoms with Crippen molar-refractivity contribution in [1.82, 2.24) is 0 Å². The van der Waals surface area contributed by atoms with E-state index in [2.05, 4.69) is 61.8 Å². The lowest BCUT2D eigenvalue weighted by Crippen LogP contribution is -2.09. The Kier molecular flexibility index (Phi) is 4.85. The van der Waals surface area contributed by atoms with Gasteiger partial charge >= 0.3 is 0 Å². The Bertz CT molecular complexity index is 317. The molecule has 15 heavy (non-hydrogen) atoms. The van der Waals surface area contributed by atoms with Crippen molar-refractivity contribution in [1.29, 1.82) is 0 Å². The van der Waals surface area contributed by atoms with Gasteiger partial charge in [-0.25, -0.2) is 0 Å². The summed E-state index contributed by atoms with van der Waals surface area (Å²) < 4.78 is 0. The number of hydrogen-bond donors (Lipinski definition) is 0. The fraction of sp³-hybridized carbons (Fsp3) is 0.571. The highest BCUT2D eigenvalue weighted by Gasteiger charge is 2.15. The molecule has 0 bridgehead atoms. The molecule has 1 aromatic carbocycles. The Balaban J connectivity index is 2.81. The van der Waals surface area contributed by atoms with Crippen LogP contribution in [0.1, 0.15) is 49.3 Å². The fourth-order valence-electron chi connectivity index (χ4n) is 1.78. The Morgan fingerprint density at radius 3 is 2.40 bits per heavy atom. The second kappa shape index (κ2) is 5.69. The third-order valence-electron chi connectivity index (χ3n) is 3.16. The van der Waals surface area contributed by atoms with Gasteiger partial charge in [-0.15, -0.1) is 0 Å². The van der Waals surface area contributed by atoms with Crippen LogP contribution in [0.25, 0.3) is 0 Å². The summed E-state index contributed by atoms with van der Waals surface area (Å²) in [6.45, 7) is 8.90. The average Bonchev–Trinajstić information content (AvgIpc) is 2.21. The van der Waals surface area contributed by atoms with E-state index in [1.807, 2.05) is 0 Å². The van der Waals surface area contributed by atoms with Gasteiger partial charge < -0.3 is 0 Å². The number of rotatable bonds is 4. The van der Waals surface area contributed by atoms with Crippen molar-refractivity contribution in [3.8, 4) is 0 Å². The summed E-state index contributed by atoms with van der Waals surface area (Å²) in [7, 11) is 0. The van der Waals surface area contributed by atoms with E-state index in [0.717, 1.165) is 0 Å². The summed E-state index contributed by atoms with van der Waals surface area (Å²) in [4.78, 5) is 0.601. The maximum absolute atomic E-state index is 3.78. The minimum absolute atomic E-state index is 0.601. The number of aryl methyl sites for hydroxylation is 2. The molecule has 1 aromatic rings. The largest absolute Gasteiger partial charge is 0.0884 e. The lowest BCUT2D eigenvalue weighted by Gasteiger charge is -2.19. The molecule has 1 rings (SSSR count). The summed E-state index contributed by atoms with van der Waals surface area (Å²) in [5.74, 6) is 0.601. The van der Waals surface area contributed by atoms with Crippen LogP contribution in [0.4, 0.5) is 0 Å². The Hall–Kier alpha value is -0.300. The van der Waals surface area contributed by atoms with Gasteiger partial charge in [-0.1, -0.05) is 54.4 Å². The van der Waals surface area contributed by atoms with Gasteiger partial charge in [0.05, 0.1) is 0 Å². The Labute approximate surface area is 102 Å². The molecule has 0 aliphatic rings. The molecule has 0 saturated heterocycles. The second-order valence-electron chi connectivity index (χ2n) is 4.44. The monoisotopic (exact) mass is 268 g/mol. The molecular formula is C14H21Br. The zero-order valence-corrected chi connectivity index (χ0v) is 11.8. The fourth-order valence-corrected chi connectivity index (χ4v) is 2.55. The van der Waals surface area contributed by atoms with Gasteiger partial charge in [-0.3, -0.25) is 0 Å². The zero-order valence-electron chi connectivity index (χ0n) is 10.2. The third kappa shape index (κ3) is 3.34. The highest BCUT2D eigenvalue weighted by Crippen LogP contribution is 2.28. The molecule has 0 fully saturated rings. The number of halogens is 1. The van der Waals surface area contributed by atoms with E-state index in [4.69, 9.17) is 0 Å². The maximum atomic E-state index is 3.78. The molecule has 2 unspecified atom stereocenters. The molecule has 0 aliphatic carbocycles. The van der Waals surface area contributed by atoms with Crippen molar-refractivity contribution in [3.63, 3.8) is 0 Å². The van der Waals surface area contributed by atoms with Crippen LogP contribution in [0.3, 0.4) is 0 Å². The summed E-state index contributed by atoms with van der Waals surface area (Å²) in [5.41, 5.74) is 4.23. The first-order chi connectivity index (χ1) is 7.06. The van der Waals surface area contributed by atoms with Crippen LogP contribution in [0.15, 0.2) is 18.2 Å². The number of hydrogen-bond acceptors (Lipinski definition) is 0. The molecule has 1 heteroatoms. The Morgan fingerprint density at radius 1 is 1.20 bits per heavy atom. The van der Waals surface area contributed by atoms with Crippen LogP contribution in [0.2, 0.25) is 0 Å². The van der Waals surface area contributed by atoms with E-state index in [9.17, 15) is 0 Å². The van der Waals surface area contributed by atoms with Crippen molar-refractivity contribution in [2.45, 2.75) is 51.3 Å². The first-order valence-corrected chi connectivity index (χ1v) is 6.69. The summed E-state index contributed by atoms with van der Waals surface area (Å²) in [6, 6.07) is 6.81. The standard InChI is InChI=1S/C14H21Br/c1-5-6-14(15)12(4)13-8-7-10(2)11(3)9-13/h7-9,12,14H,5-6H2,1-4H3. The average molecular weight is 269 g/mol. The van der Waals surface area contributed by atoms with Gasteiger partial charge in [0.25, 0.3) is 0 Å². The van der Waals surface area contributed by atoms with E-state index in [0.29, 0.717) is 10.7 Å². The first-order valence-electron chi connectivity index (χ1n) is 5.77. The van der Waals surface area contributed by atoms with Gasteiger partial charge in [0, 0.05) is 4.83 Å². The molecule has 0 N–H and O–H groups in total. The molecule has 0 nitrogen and oxygen atoms in total. The van der Waals surface area contributed by atoms with Crippen molar-refractivity contribution in [2.75, 3.05) is 0 Å². The molecule has 0 saturated carbocycles. The van der Waals surface area contributed by atoms with Crippen molar-refractivity contribution in [2.24, 2.45) is 0 Å². The lowest BCUT2D eigenvalue weighted by molar-refractivity contribution is 0.651. The van der Waals surface area contributed by atoms with Crippen LogP contribution in [0.5, 0.6) is 0 Å². The van der Waals surface area contributed by atoms with E-state index < -0.39 is 0 Å². The molecule has 0 spiro atoms. The van der Waals surface area contributed by atoms with Gasteiger partial charge in [-0.05, 0) is 42.9 Å². The second-order valence-corrected chi connectivity index (χ2v) is 5.61. The predicted molar refractivity (Wildman–Crippen MR) is 72.0 cm³/mol. The van der Waals surface area contributed by atoms with Crippen LogP contribution in [-0.2, 0) is 0 Å². The number of benzene rings is 1. The smallest absolute Gasteiger partial charge is 0.0211 e. The van der Waals surface area contributed by atoms with Crippen LogP contribution >= 0.6 is 15.9 Å². The molecule has 2 atom stereocenters. The molecule has 0 amide bonds. The van der Waals surface area contributed by atoms with Crippen molar-refractivity contribution < 1.29 is 0 Å². The summed E-state index contributed by atoms with van der Waals surface area (Å²) in [6.07, 6.45) is 2.49. The minimum atomic E-state index is 0.601. The molecule has 0 aromatic heterocycles. The lowest BCUT2D eigenvalue weighted by atomic mass is 9.93. The topological polar surface area (TPSA) is 0 Å². The molecule has 84 valence electrons. The van der Waals surface area contributed by atoms with Gasteiger partial charge in [-0.2, -0.15) is 0 Å². The zero-order chi connectivity index (χ0) is 11.4. The van der Waals surface area contributed by atoms with Gasteiger partial charge in [0.2, 0.25) is 0 Å². The maximum Gasteiger partial charge on any atom is 0.0211 e. The Morgan fingerprint density at radius 2 is 1.87 bits per heavy atom. The van der Waals surface area contributed by atoms with Crippen LogP contribution in [0, 0.1) is 13.8 Å². The van der Waals surface area contributed by atoms with Crippen molar-refractivity contribution >= 4 is 15.9 Å². The van der Waals surface area contributed by atoms with E-state index >= 15 is 0 Å². The predicted octanol–water partition coefficient (Wildman–Crippen LogP) is 4.97. The van der Waals surface area contributed by atoms with Crippen LogP contribution in [-0.4, -0.2) is 4.83 Å². The molecule has 0 aliphatic heterocycles. The SMILES string of the molecule is CCCC(Br)C(C)c1ccc(C)c(C)c1. The highest BCUT2D eigenvalue weighted by molar-refractivity contribution is 9.09. The molecule has 0 radical (unpaired) electrons. The first kappa shape index (κ1) is 12.8. The normalized spacial score (nSPS) is 15.0. The molecular weight excluding hydrogens is 248 g/mol. The number of alkyl halides is 1. The van der Waals surface area contributed by atoms with E-state index in [-0.39, 0.29) is 0 Å². The third-order valence-corrected chi connectivity index (χ3v) is 4.41. The van der Waals surface area contributed by atoms with E-state index in [1.165, 1.54) is 29.5 Å². The summed E-state index contributed by atoms with van der Waals surface area (Å²) in [5, 5.41) is 0. The molecule has 0 heterocycles. The van der Waals surface area contributed by atoms with E-state index in [1.54, 1.807) is 0 Å². The summed E-state index contributed by atoms with van der Waals surface area (Å²) >= 11 is 3.78.